The summed E-state index contributed by atoms with van der Waals surface area (Å²) in [4.78, 5) is 53.7. The number of piperidine rings is 1. The molecule has 31 heteroatoms. The van der Waals surface area contributed by atoms with E-state index < -0.39 is 33.0 Å². The molecular weight excluding hydrogens is 1370 g/mol. The van der Waals surface area contributed by atoms with E-state index in [2.05, 4.69) is 51.9 Å². The monoisotopic (exact) mass is 1450 g/mol. The lowest BCUT2D eigenvalue weighted by Gasteiger charge is -2.36. The summed E-state index contributed by atoms with van der Waals surface area (Å²) in [6.07, 6.45) is 15.5. The number of nitrogens with two attached hydrogens (primary N) is 1. The molecule has 3 aliphatic rings. The number of phenolic OH excluding ortho intramolecular Hbond substituents is 2. The van der Waals surface area contributed by atoms with Gasteiger partial charge in [0.1, 0.15) is 75.4 Å². The maximum Gasteiger partial charge on any atom is 0.410 e. The third kappa shape index (κ3) is 22.3. The number of thiazole rings is 1. The number of fused-ring (bicyclic) bond motifs is 3. The number of nitrogens with zero attached hydrogens (tertiary/aromatic N) is 10. The van der Waals surface area contributed by atoms with Crippen LogP contribution in [0.3, 0.4) is 0 Å². The average molecular weight is 1450 g/mol. The largest absolute Gasteiger partial charge is 0.508 e. The van der Waals surface area contributed by atoms with E-state index in [1.54, 1.807) is 52.3 Å². The minimum atomic E-state index is -3.60. The van der Waals surface area contributed by atoms with Crippen LogP contribution in [-0.4, -0.2) is 167 Å². The molecule has 520 valence electrons. The van der Waals surface area contributed by atoms with E-state index in [0.717, 1.165) is 55.7 Å². The predicted octanol–water partition coefficient (Wildman–Crippen LogP) is 10.9. The van der Waals surface area contributed by atoms with Gasteiger partial charge in [-0.25, -0.2) is 32.1 Å². The smallest absolute Gasteiger partial charge is 0.410 e. The fourth-order valence-corrected chi connectivity index (χ4v) is 11.2. The number of benzene rings is 4. The van der Waals surface area contributed by atoms with Crippen molar-refractivity contribution in [2.75, 3.05) is 112 Å². The molecule has 0 unspecified atom stereocenters. The summed E-state index contributed by atoms with van der Waals surface area (Å²) in [6.45, 7) is 17.0. The van der Waals surface area contributed by atoms with Crippen molar-refractivity contribution >= 4 is 88.6 Å². The number of carbonyl (C=O) groups is 2. The number of aromatic nitrogens is 5. The molecule has 0 aliphatic carbocycles. The molecule has 8 aromatic rings. The molecule has 24 nitrogen and oxygen atoms in total. The van der Waals surface area contributed by atoms with Crippen LogP contribution >= 0.6 is 27.3 Å². The number of halogens is 5. The molecular formula is C66H76BrF4N11O13S2. The summed E-state index contributed by atoms with van der Waals surface area (Å²) in [7, 11) is -3.60. The van der Waals surface area contributed by atoms with E-state index in [-0.39, 0.29) is 72.5 Å². The Hall–Kier alpha value is -9.43. The van der Waals surface area contributed by atoms with Gasteiger partial charge in [0.15, 0.2) is 17.1 Å². The van der Waals surface area contributed by atoms with Crippen LogP contribution < -0.4 is 34.8 Å². The molecule has 0 radical (unpaired) electrons. The Labute approximate surface area is 571 Å². The van der Waals surface area contributed by atoms with Gasteiger partial charge < -0.3 is 63.8 Å². The van der Waals surface area contributed by atoms with E-state index in [4.69, 9.17) is 47.1 Å². The Kier molecular flexibility index (Phi) is 26.3. The Morgan fingerprint density at radius 1 is 0.670 bits per heavy atom. The quantitative estimate of drug-likeness (QED) is 0.0582. The van der Waals surface area contributed by atoms with Crippen LogP contribution in [0, 0.1) is 48.0 Å². The van der Waals surface area contributed by atoms with Crippen molar-refractivity contribution in [1.82, 2.24) is 33.9 Å². The van der Waals surface area contributed by atoms with Crippen molar-refractivity contribution in [2.45, 2.75) is 78.6 Å². The third-order valence-electron chi connectivity index (χ3n) is 14.0. The molecule has 0 bridgehead atoms. The molecule has 0 spiro atoms. The fourth-order valence-electron chi connectivity index (χ4n) is 9.62. The molecule has 7 heterocycles. The molecule has 4 aromatic heterocycles. The van der Waals surface area contributed by atoms with Gasteiger partial charge in [0, 0.05) is 89.7 Å². The van der Waals surface area contributed by atoms with Crippen molar-refractivity contribution in [3.8, 4) is 59.3 Å². The van der Waals surface area contributed by atoms with E-state index in [0.29, 0.717) is 113 Å². The second kappa shape index (κ2) is 34.0. The lowest BCUT2D eigenvalue weighted by atomic mass is 10.1. The first kappa shape index (κ1) is 75.0. The second-order valence-corrected chi connectivity index (χ2v) is 27.2. The van der Waals surface area contributed by atoms with Gasteiger partial charge in [-0.2, -0.15) is 17.9 Å². The van der Waals surface area contributed by atoms with Gasteiger partial charge in [0.05, 0.1) is 47.2 Å². The lowest BCUT2D eigenvalue weighted by Crippen LogP contribution is -2.50. The normalized spacial score (nSPS) is 14.1. The highest BCUT2D eigenvalue weighted by molar-refractivity contribution is 9.10. The molecule has 2 amide bonds. The number of anilines is 4. The van der Waals surface area contributed by atoms with E-state index in [1.165, 1.54) is 52.1 Å². The highest BCUT2D eigenvalue weighted by atomic mass is 79.9. The van der Waals surface area contributed by atoms with Gasteiger partial charge in [-0.15, -0.1) is 17.9 Å². The van der Waals surface area contributed by atoms with Crippen LogP contribution in [0.15, 0.2) is 105 Å². The second-order valence-electron chi connectivity index (χ2n) is 23.7. The Morgan fingerprint density at radius 3 is 1.58 bits per heavy atom. The highest BCUT2D eigenvalue weighted by Gasteiger charge is 2.29. The maximum absolute atomic E-state index is 14.3. The zero-order valence-corrected chi connectivity index (χ0v) is 57.7. The number of furan rings is 1. The predicted molar refractivity (Wildman–Crippen MR) is 365 cm³/mol. The van der Waals surface area contributed by atoms with Crippen LogP contribution in [0.1, 0.15) is 60.8 Å². The number of ether oxygens (including phenoxy) is 4. The zero-order valence-electron chi connectivity index (χ0n) is 54.5. The Morgan fingerprint density at radius 2 is 1.14 bits per heavy atom. The van der Waals surface area contributed by atoms with Gasteiger partial charge in [0.25, 0.3) is 10.1 Å². The van der Waals surface area contributed by atoms with Crippen LogP contribution in [0.5, 0.6) is 23.0 Å². The number of hydrogen-bond acceptors (Lipinski definition) is 21. The number of hydrogen-bond donors (Lipinski definition) is 3. The lowest BCUT2D eigenvalue weighted by molar-refractivity contribution is 0.0230. The summed E-state index contributed by atoms with van der Waals surface area (Å²) in [5.41, 5.74) is 7.17. The average Bonchev–Trinajstić information content (AvgIpc) is 1.60. The maximum atomic E-state index is 14.3. The van der Waals surface area contributed by atoms with Crippen molar-refractivity contribution in [3.63, 3.8) is 0 Å². The molecule has 4 N–H and O–H groups in total. The first-order valence-electron chi connectivity index (χ1n) is 30.4. The molecule has 97 heavy (non-hydrogen) atoms. The van der Waals surface area contributed by atoms with Crippen LogP contribution in [-0.2, 0) is 30.3 Å². The van der Waals surface area contributed by atoms with Gasteiger partial charge >= 0.3 is 17.1 Å². The molecule has 3 aliphatic heterocycles. The van der Waals surface area contributed by atoms with Gasteiger partial charge in [-0.1, -0.05) is 23.2 Å². The number of aromatic hydroxyl groups is 2. The molecule has 0 atom stereocenters. The number of amides is 2. The summed E-state index contributed by atoms with van der Waals surface area (Å²) in [5.74, 6) is 4.73. The summed E-state index contributed by atoms with van der Waals surface area (Å²) in [6, 6.07) is 21.0. The minimum Gasteiger partial charge on any atom is -0.508 e. The Bertz CT molecular complexity index is 4240. The number of nitrogen functional groups attached to an aromatic ring is 1. The van der Waals surface area contributed by atoms with Crippen molar-refractivity contribution < 1.29 is 73.3 Å². The minimum absolute atomic E-state index is 0.00763. The topological polar surface area (TPSA) is 275 Å². The molecule has 3 saturated heterocycles. The fraction of sp³-hybridized carbons (Fsp3) is 0.394. The highest BCUT2D eigenvalue weighted by Crippen LogP contribution is 2.31. The van der Waals surface area contributed by atoms with Crippen molar-refractivity contribution in [2.24, 2.45) is 0 Å². The first-order chi connectivity index (χ1) is 45.9. The number of terminal acetylenes is 2. The first-order valence-corrected chi connectivity index (χ1v) is 33.8. The zero-order chi connectivity index (χ0) is 70.8. The Balaban J connectivity index is 0.000000176. The van der Waals surface area contributed by atoms with E-state index >= 15 is 0 Å². The van der Waals surface area contributed by atoms with E-state index in [1.807, 2.05) is 51.3 Å². The third-order valence-corrected chi connectivity index (χ3v) is 16.2. The summed E-state index contributed by atoms with van der Waals surface area (Å²) in [5, 5.41) is 22.2. The number of piperazine rings is 2. The van der Waals surface area contributed by atoms with Crippen LogP contribution in [0.25, 0.3) is 27.6 Å². The van der Waals surface area contributed by atoms with Crippen molar-refractivity contribution in [1.29, 1.82) is 0 Å². The van der Waals surface area contributed by atoms with Crippen LogP contribution in [0.2, 0.25) is 0 Å². The molecule has 11 rings (SSSR count). The number of rotatable bonds is 12. The van der Waals surface area contributed by atoms with Crippen LogP contribution in [0.4, 0.5) is 50.2 Å². The van der Waals surface area contributed by atoms with Gasteiger partial charge in [0.2, 0.25) is 11.8 Å². The molecule has 4 aromatic carbocycles. The van der Waals surface area contributed by atoms with Gasteiger partial charge in [-0.3, -0.25) is 13.5 Å². The van der Waals surface area contributed by atoms with E-state index in [9.17, 15) is 45.5 Å². The SMILES string of the molecule is C#CCOc1ccc(N2CCCCC2)c(F)c1.C#CCOc1ccc(N2CCN(C(=O)OC(C)(C)C)CC2)c(F)c1.CC(C)(C)OC(=O)N1CCN(c2ccc(O)cc2F)CC1.CS(=O)(=O)OCCn1c(=O)sc2c1nc(N)n1nc(-c3ccco3)nc21.Oc1ccc(Br)c(F)c1. The number of phenols is 2. The standard InChI is InChI=1S/C18H23FN2O3.C15H21FN2O3.C14H16FNO.C13H12N6O5S2.C6H4BrFO/c1-5-12-23-14-6-7-16(15(19)13-14)20-8-10-21(11-9-20)17(22)24-18(2,3)4;1-15(2,3)21-14(20)18-8-6-17(7-9-18)13-5-4-11(19)10-12(13)16;1-2-10-17-12-6-7-14(13(15)11-12)16-8-4-3-5-9-16;1-26(21,22)24-6-4-18-10-8(25-13(18)20)11-15-9(7-3-2-5-23-7)17-19(11)12(14)16-10;7-5-2-1-4(9)3-6(5)8/h1,6-7,13H,8-12H2,2-4H3;4-5,10,19H,6-9H2,1-3H3;1,6-7,11H,3-5,8-10H2;2-3,5H,4,6H2,1H3,(H2,14,16);1-3,9H. The number of carbonyl (C=O) groups excluding carboxylic acids is 2. The molecule has 3 fully saturated rings. The summed E-state index contributed by atoms with van der Waals surface area (Å²) < 4.78 is 111. The van der Waals surface area contributed by atoms with Crippen molar-refractivity contribution in [3.05, 3.63) is 129 Å². The molecule has 0 saturated carbocycles. The summed E-state index contributed by atoms with van der Waals surface area (Å²) >= 11 is 3.86. The van der Waals surface area contributed by atoms with Gasteiger partial charge in [-0.05, 0) is 137 Å².